The lowest BCUT2D eigenvalue weighted by atomic mass is 10.1. The number of hydrogen-bond donors (Lipinski definition) is 0. The van der Waals surface area contributed by atoms with Crippen molar-refractivity contribution in [3.05, 3.63) is 59.2 Å². The minimum Gasteiger partial charge on any atom is -0.481 e. The molecule has 0 N–H and O–H groups in total. The van der Waals surface area contributed by atoms with E-state index in [1.807, 2.05) is 32.0 Å². The summed E-state index contributed by atoms with van der Waals surface area (Å²) in [5.41, 5.74) is 3.64. The first-order chi connectivity index (χ1) is 10.9. The number of anilines is 1. The molecular formula is C19H20N2O2. The van der Waals surface area contributed by atoms with E-state index < -0.39 is 6.10 Å². The number of aryl methyl sites for hydroxylation is 2. The molecule has 0 spiro atoms. The predicted octanol–water partition coefficient (Wildman–Crippen LogP) is 3.61. The third-order valence-corrected chi connectivity index (χ3v) is 3.69. The number of nitriles is 1. The summed E-state index contributed by atoms with van der Waals surface area (Å²) in [4.78, 5) is 14.2. The van der Waals surface area contributed by atoms with E-state index in [9.17, 15) is 4.79 Å². The third kappa shape index (κ3) is 3.89. The molecule has 4 heteroatoms. The van der Waals surface area contributed by atoms with Crippen LogP contribution in [-0.4, -0.2) is 19.1 Å². The van der Waals surface area contributed by atoms with Crippen LogP contribution in [0.25, 0.3) is 0 Å². The first kappa shape index (κ1) is 16.6. The second kappa shape index (κ2) is 6.97. The fourth-order valence-electron chi connectivity index (χ4n) is 2.44. The maximum Gasteiger partial charge on any atom is 0.267 e. The second-order valence-electron chi connectivity index (χ2n) is 5.58. The van der Waals surface area contributed by atoms with E-state index in [4.69, 9.17) is 10.00 Å². The van der Waals surface area contributed by atoms with Gasteiger partial charge in [0.05, 0.1) is 11.6 Å². The van der Waals surface area contributed by atoms with Gasteiger partial charge in [-0.25, -0.2) is 0 Å². The zero-order valence-corrected chi connectivity index (χ0v) is 13.8. The Balaban J connectivity index is 2.10. The van der Waals surface area contributed by atoms with Gasteiger partial charge in [0.25, 0.3) is 5.91 Å². The van der Waals surface area contributed by atoms with Crippen LogP contribution in [0.3, 0.4) is 0 Å². The van der Waals surface area contributed by atoms with Crippen molar-refractivity contribution >= 4 is 11.6 Å². The van der Waals surface area contributed by atoms with Gasteiger partial charge in [-0.15, -0.1) is 0 Å². The lowest BCUT2D eigenvalue weighted by Crippen LogP contribution is -2.38. The average molecular weight is 308 g/mol. The highest BCUT2D eigenvalue weighted by atomic mass is 16.5. The van der Waals surface area contributed by atoms with Crippen LogP contribution in [0.2, 0.25) is 0 Å². The molecule has 2 aromatic rings. The molecule has 1 unspecified atom stereocenters. The quantitative estimate of drug-likeness (QED) is 0.867. The first-order valence-electron chi connectivity index (χ1n) is 7.44. The minimum atomic E-state index is -0.617. The minimum absolute atomic E-state index is 0.124. The zero-order chi connectivity index (χ0) is 17.0. The van der Waals surface area contributed by atoms with Gasteiger partial charge in [0.2, 0.25) is 0 Å². The number of hydrogen-bond acceptors (Lipinski definition) is 3. The molecule has 0 aromatic heterocycles. The van der Waals surface area contributed by atoms with Gasteiger partial charge in [0.15, 0.2) is 6.10 Å². The Hall–Kier alpha value is -2.80. The van der Waals surface area contributed by atoms with Crippen LogP contribution < -0.4 is 9.64 Å². The number of likely N-dealkylation sites (N-methyl/N-ethyl adjacent to an activating group) is 1. The van der Waals surface area contributed by atoms with Gasteiger partial charge in [0, 0.05) is 12.7 Å². The molecule has 0 fully saturated rings. The van der Waals surface area contributed by atoms with E-state index in [-0.39, 0.29) is 5.91 Å². The molecule has 4 nitrogen and oxygen atoms in total. The van der Waals surface area contributed by atoms with Gasteiger partial charge >= 0.3 is 0 Å². The van der Waals surface area contributed by atoms with Crippen molar-refractivity contribution in [3.8, 4) is 11.8 Å². The van der Waals surface area contributed by atoms with Crippen LogP contribution in [0.1, 0.15) is 23.6 Å². The van der Waals surface area contributed by atoms with Crippen LogP contribution in [0.4, 0.5) is 5.69 Å². The van der Waals surface area contributed by atoms with Crippen LogP contribution in [0.15, 0.2) is 42.5 Å². The van der Waals surface area contributed by atoms with E-state index in [1.165, 1.54) is 0 Å². The van der Waals surface area contributed by atoms with Crippen molar-refractivity contribution in [2.24, 2.45) is 0 Å². The Morgan fingerprint density at radius 2 is 1.83 bits per heavy atom. The van der Waals surface area contributed by atoms with Crippen LogP contribution in [0.5, 0.6) is 5.75 Å². The van der Waals surface area contributed by atoms with E-state index in [0.29, 0.717) is 11.3 Å². The molecule has 2 rings (SSSR count). The van der Waals surface area contributed by atoms with E-state index in [0.717, 1.165) is 16.8 Å². The first-order valence-corrected chi connectivity index (χ1v) is 7.44. The highest BCUT2D eigenvalue weighted by molar-refractivity contribution is 5.96. The average Bonchev–Trinajstić information content (AvgIpc) is 2.54. The molecule has 0 saturated carbocycles. The fourth-order valence-corrected chi connectivity index (χ4v) is 2.44. The Morgan fingerprint density at radius 3 is 2.39 bits per heavy atom. The summed E-state index contributed by atoms with van der Waals surface area (Å²) < 4.78 is 5.68. The van der Waals surface area contributed by atoms with Crippen molar-refractivity contribution in [1.29, 1.82) is 5.26 Å². The Bertz CT molecular complexity index is 745. The SMILES string of the molecule is Cc1ccc(N(C)C(=O)C(C)Oc2ccc(C#N)cc2)c(C)c1. The number of carbonyl (C=O) groups excluding carboxylic acids is 1. The lowest BCUT2D eigenvalue weighted by Gasteiger charge is -2.24. The van der Waals surface area contributed by atoms with Gasteiger partial charge < -0.3 is 9.64 Å². The number of amides is 1. The maximum absolute atomic E-state index is 12.6. The van der Waals surface area contributed by atoms with Gasteiger partial charge in [-0.3, -0.25) is 4.79 Å². The highest BCUT2D eigenvalue weighted by Gasteiger charge is 2.21. The van der Waals surface area contributed by atoms with Crippen molar-refractivity contribution in [2.45, 2.75) is 26.9 Å². The van der Waals surface area contributed by atoms with Crippen molar-refractivity contribution in [3.63, 3.8) is 0 Å². The second-order valence-corrected chi connectivity index (χ2v) is 5.58. The number of benzene rings is 2. The monoisotopic (exact) mass is 308 g/mol. The van der Waals surface area contributed by atoms with E-state index in [2.05, 4.69) is 6.07 Å². The molecule has 0 heterocycles. The number of rotatable bonds is 4. The molecule has 0 aliphatic carbocycles. The van der Waals surface area contributed by atoms with Crippen molar-refractivity contribution < 1.29 is 9.53 Å². The van der Waals surface area contributed by atoms with Crippen LogP contribution in [-0.2, 0) is 4.79 Å². The van der Waals surface area contributed by atoms with Gasteiger partial charge in [0.1, 0.15) is 5.75 Å². The zero-order valence-electron chi connectivity index (χ0n) is 13.8. The van der Waals surface area contributed by atoms with Gasteiger partial charge in [-0.05, 0) is 56.7 Å². The normalized spacial score (nSPS) is 11.4. The maximum atomic E-state index is 12.6. The van der Waals surface area contributed by atoms with Gasteiger partial charge in [-0.2, -0.15) is 5.26 Å². The molecule has 0 aliphatic rings. The number of ether oxygens (including phenoxy) is 1. The summed E-state index contributed by atoms with van der Waals surface area (Å²) in [7, 11) is 1.75. The van der Waals surface area contributed by atoms with Crippen molar-refractivity contribution in [2.75, 3.05) is 11.9 Å². The summed E-state index contributed by atoms with van der Waals surface area (Å²) in [6.45, 7) is 5.73. The molecule has 0 radical (unpaired) electrons. The molecule has 1 atom stereocenters. The van der Waals surface area contributed by atoms with Gasteiger partial charge in [-0.1, -0.05) is 17.7 Å². The summed E-state index contributed by atoms with van der Waals surface area (Å²) in [5.74, 6) is 0.445. The largest absolute Gasteiger partial charge is 0.481 e. The highest BCUT2D eigenvalue weighted by Crippen LogP contribution is 2.22. The summed E-state index contributed by atoms with van der Waals surface area (Å²) in [5, 5.41) is 8.79. The topological polar surface area (TPSA) is 53.3 Å². The van der Waals surface area contributed by atoms with E-state index >= 15 is 0 Å². The Morgan fingerprint density at radius 1 is 1.17 bits per heavy atom. The summed E-state index contributed by atoms with van der Waals surface area (Å²) in [6.07, 6.45) is -0.617. The van der Waals surface area contributed by atoms with Crippen molar-refractivity contribution in [1.82, 2.24) is 0 Å². The molecule has 2 aromatic carbocycles. The van der Waals surface area contributed by atoms with Crippen LogP contribution >= 0.6 is 0 Å². The standard InChI is InChI=1S/C19H20N2O2/c1-13-5-10-18(14(2)11-13)21(4)19(22)15(3)23-17-8-6-16(12-20)7-9-17/h5-11,15H,1-4H3. The lowest BCUT2D eigenvalue weighted by molar-refractivity contribution is -0.124. The summed E-state index contributed by atoms with van der Waals surface area (Å²) >= 11 is 0. The summed E-state index contributed by atoms with van der Waals surface area (Å²) in [6, 6.07) is 14.7. The molecule has 0 aliphatic heterocycles. The molecule has 23 heavy (non-hydrogen) atoms. The predicted molar refractivity (Wildman–Crippen MR) is 90.6 cm³/mol. The molecule has 1 amide bonds. The molecule has 0 bridgehead atoms. The molecular weight excluding hydrogens is 288 g/mol. The number of nitrogens with zero attached hydrogens (tertiary/aromatic N) is 2. The third-order valence-electron chi connectivity index (χ3n) is 3.69. The smallest absolute Gasteiger partial charge is 0.267 e. The fraction of sp³-hybridized carbons (Fsp3) is 0.263. The Kier molecular flexibility index (Phi) is 5.02. The Labute approximate surface area is 136 Å². The number of carbonyl (C=O) groups is 1. The molecule has 118 valence electrons. The molecule has 0 saturated heterocycles. The van der Waals surface area contributed by atoms with Crippen LogP contribution in [0, 0.1) is 25.2 Å². The van der Waals surface area contributed by atoms with E-state index in [1.54, 1.807) is 43.1 Å².